The van der Waals surface area contributed by atoms with Crippen LogP contribution in [0.2, 0.25) is 0 Å². The Hall–Kier alpha value is -1.84. The second kappa shape index (κ2) is 6.19. The molecule has 0 heterocycles. The van der Waals surface area contributed by atoms with Gasteiger partial charge in [0.2, 0.25) is 0 Å². The van der Waals surface area contributed by atoms with Crippen LogP contribution in [-0.2, 0) is 0 Å². The Labute approximate surface area is 107 Å². The minimum atomic E-state index is -0.334. The van der Waals surface area contributed by atoms with Crippen LogP contribution >= 0.6 is 0 Å². The van der Waals surface area contributed by atoms with Gasteiger partial charge in [0.05, 0.1) is 12.6 Å². The fourth-order valence-corrected chi connectivity index (χ4v) is 1.63. The SMILES string of the molecule is NC(CO)COc1ccc(-c2ccccc2)cc1. The first-order chi connectivity index (χ1) is 8.79. The molecule has 0 saturated carbocycles. The van der Waals surface area contributed by atoms with Crippen molar-refractivity contribution in [1.82, 2.24) is 0 Å². The van der Waals surface area contributed by atoms with Gasteiger partial charge in [0.15, 0.2) is 0 Å². The number of hydrogen-bond acceptors (Lipinski definition) is 3. The van der Waals surface area contributed by atoms with Gasteiger partial charge in [-0.05, 0) is 23.3 Å². The van der Waals surface area contributed by atoms with Crippen molar-refractivity contribution >= 4 is 0 Å². The molecule has 0 amide bonds. The van der Waals surface area contributed by atoms with Crippen molar-refractivity contribution < 1.29 is 9.84 Å². The van der Waals surface area contributed by atoms with E-state index < -0.39 is 0 Å². The first kappa shape index (κ1) is 12.6. The Morgan fingerprint density at radius 1 is 0.944 bits per heavy atom. The van der Waals surface area contributed by atoms with Gasteiger partial charge in [-0.15, -0.1) is 0 Å². The Kier molecular flexibility index (Phi) is 4.34. The zero-order valence-corrected chi connectivity index (χ0v) is 10.1. The molecule has 3 heteroatoms. The summed E-state index contributed by atoms with van der Waals surface area (Å²) in [5, 5.41) is 8.80. The molecule has 0 bridgehead atoms. The number of hydrogen-bond donors (Lipinski definition) is 2. The molecule has 1 unspecified atom stereocenters. The highest BCUT2D eigenvalue weighted by atomic mass is 16.5. The number of nitrogens with two attached hydrogens (primary N) is 1. The summed E-state index contributed by atoms with van der Waals surface area (Å²) in [6, 6.07) is 17.7. The minimum Gasteiger partial charge on any atom is -0.492 e. The smallest absolute Gasteiger partial charge is 0.119 e. The van der Waals surface area contributed by atoms with E-state index >= 15 is 0 Å². The summed E-state index contributed by atoms with van der Waals surface area (Å²) in [7, 11) is 0. The average Bonchev–Trinajstić information content (AvgIpc) is 2.46. The zero-order chi connectivity index (χ0) is 12.8. The molecule has 0 spiro atoms. The monoisotopic (exact) mass is 243 g/mol. The van der Waals surface area contributed by atoms with Gasteiger partial charge in [-0.2, -0.15) is 0 Å². The van der Waals surface area contributed by atoms with E-state index in [4.69, 9.17) is 15.6 Å². The number of benzene rings is 2. The van der Waals surface area contributed by atoms with Gasteiger partial charge < -0.3 is 15.6 Å². The third-order valence-corrected chi connectivity index (χ3v) is 2.66. The summed E-state index contributed by atoms with van der Waals surface area (Å²) in [6.45, 7) is 0.253. The maximum atomic E-state index is 8.80. The van der Waals surface area contributed by atoms with E-state index in [1.54, 1.807) is 0 Å². The van der Waals surface area contributed by atoms with Crippen molar-refractivity contribution in [2.75, 3.05) is 13.2 Å². The molecule has 0 aromatic heterocycles. The highest BCUT2D eigenvalue weighted by Gasteiger charge is 2.02. The van der Waals surface area contributed by atoms with Gasteiger partial charge in [0.1, 0.15) is 12.4 Å². The lowest BCUT2D eigenvalue weighted by molar-refractivity contribution is 0.206. The quantitative estimate of drug-likeness (QED) is 0.845. The van der Waals surface area contributed by atoms with Crippen molar-refractivity contribution in [1.29, 1.82) is 0 Å². The van der Waals surface area contributed by atoms with Crippen LogP contribution in [0.15, 0.2) is 54.6 Å². The number of rotatable bonds is 5. The zero-order valence-electron chi connectivity index (χ0n) is 10.1. The second-order valence-corrected chi connectivity index (χ2v) is 4.14. The van der Waals surface area contributed by atoms with Crippen LogP contribution in [-0.4, -0.2) is 24.4 Å². The van der Waals surface area contributed by atoms with E-state index in [-0.39, 0.29) is 12.6 Å². The van der Waals surface area contributed by atoms with Gasteiger partial charge in [-0.25, -0.2) is 0 Å². The number of aliphatic hydroxyl groups excluding tert-OH is 1. The van der Waals surface area contributed by atoms with Crippen LogP contribution < -0.4 is 10.5 Å². The van der Waals surface area contributed by atoms with Gasteiger partial charge in [0, 0.05) is 0 Å². The van der Waals surface area contributed by atoms with E-state index in [0.29, 0.717) is 6.61 Å². The molecule has 94 valence electrons. The number of aliphatic hydroxyl groups is 1. The molecule has 18 heavy (non-hydrogen) atoms. The lowest BCUT2D eigenvalue weighted by atomic mass is 10.1. The fourth-order valence-electron chi connectivity index (χ4n) is 1.63. The Bertz CT molecular complexity index is 468. The van der Waals surface area contributed by atoms with Crippen molar-refractivity contribution in [3.8, 4) is 16.9 Å². The van der Waals surface area contributed by atoms with Crippen LogP contribution in [0, 0.1) is 0 Å². The van der Waals surface area contributed by atoms with Crippen molar-refractivity contribution in [2.45, 2.75) is 6.04 Å². The maximum absolute atomic E-state index is 8.80. The summed E-state index contributed by atoms with van der Waals surface area (Å²) in [6.07, 6.45) is 0. The third kappa shape index (κ3) is 3.32. The highest BCUT2D eigenvalue weighted by molar-refractivity contribution is 5.63. The Morgan fingerprint density at radius 2 is 1.56 bits per heavy atom. The summed E-state index contributed by atoms with van der Waals surface area (Å²) in [4.78, 5) is 0. The molecule has 3 nitrogen and oxygen atoms in total. The molecule has 2 rings (SSSR count). The molecule has 2 aromatic rings. The topological polar surface area (TPSA) is 55.5 Å². The standard InChI is InChI=1S/C15H17NO2/c16-14(10-17)11-18-15-8-6-13(7-9-15)12-4-2-1-3-5-12/h1-9,14,17H,10-11,16H2. The molecule has 0 radical (unpaired) electrons. The first-order valence-corrected chi connectivity index (χ1v) is 5.94. The van der Waals surface area contributed by atoms with Crippen LogP contribution in [0.3, 0.4) is 0 Å². The second-order valence-electron chi connectivity index (χ2n) is 4.14. The van der Waals surface area contributed by atoms with Gasteiger partial charge in [-0.1, -0.05) is 42.5 Å². The van der Waals surface area contributed by atoms with Crippen LogP contribution in [0.5, 0.6) is 5.75 Å². The van der Waals surface area contributed by atoms with Crippen LogP contribution in [0.1, 0.15) is 0 Å². The number of ether oxygens (including phenoxy) is 1. The molecular formula is C15H17NO2. The van der Waals surface area contributed by atoms with Crippen molar-refractivity contribution in [3.63, 3.8) is 0 Å². The van der Waals surface area contributed by atoms with E-state index in [0.717, 1.165) is 11.3 Å². The van der Waals surface area contributed by atoms with Gasteiger partial charge in [-0.3, -0.25) is 0 Å². The average molecular weight is 243 g/mol. The molecule has 0 aliphatic carbocycles. The fraction of sp³-hybridized carbons (Fsp3) is 0.200. The maximum Gasteiger partial charge on any atom is 0.119 e. The highest BCUT2D eigenvalue weighted by Crippen LogP contribution is 2.21. The van der Waals surface area contributed by atoms with E-state index in [9.17, 15) is 0 Å². The van der Waals surface area contributed by atoms with Crippen molar-refractivity contribution in [2.24, 2.45) is 5.73 Å². The lowest BCUT2D eigenvalue weighted by Crippen LogP contribution is -2.31. The summed E-state index contributed by atoms with van der Waals surface area (Å²) in [5.74, 6) is 0.763. The summed E-state index contributed by atoms with van der Waals surface area (Å²) < 4.78 is 5.46. The van der Waals surface area contributed by atoms with Crippen LogP contribution in [0.4, 0.5) is 0 Å². The first-order valence-electron chi connectivity index (χ1n) is 5.94. The third-order valence-electron chi connectivity index (χ3n) is 2.66. The molecule has 0 saturated heterocycles. The summed E-state index contributed by atoms with van der Waals surface area (Å²) in [5.41, 5.74) is 7.89. The van der Waals surface area contributed by atoms with E-state index in [1.165, 1.54) is 5.56 Å². The van der Waals surface area contributed by atoms with Gasteiger partial charge in [0.25, 0.3) is 0 Å². The molecule has 0 aliphatic heterocycles. The molecule has 0 fully saturated rings. The molecule has 0 aliphatic rings. The molecule has 2 aromatic carbocycles. The van der Waals surface area contributed by atoms with Gasteiger partial charge >= 0.3 is 0 Å². The molecule has 3 N–H and O–H groups in total. The predicted octanol–water partition coefficient (Wildman–Crippen LogP) is 2.05. The van der Waals surface area contributed by atoms with E-state index in [1.807, 2.05) is 42.5 Å². The summed E-state index contributed by atoms with van der Waals surface area (Å²) >= 11 is 0. The molecular weight excluding hydrogens is 226 g/mol. The lowest BCUT2D eigenvalue weighted by Gasteiger charge is -2.11. The Morgan fingerprint density at radius 3 is 2.17 bits per heavy atom. The Balaban J connectivity index is 2.02. The normalized spacial score (nSPS) is 12.1. The molecule has 1 atom stereocenters. The minimum absolute atomic E-state index is 0.0674. The van der Waals surface area contributed by atoms with E-state index in [2.05, 4.69) is 12.1 Å². The van der Waals surface area contributed by atoms with Crippen molar-refractivity contribution in [3.05, 3.63) is 54.6 Å². The largest absolute Gasteiger partial charge is 0.492 e. The van der Waals surface area contributed by atoms with Crippen LogP contribution in [0.25, 0.3) is 11.1 Å². The predicted molar refractivity (Wildman–Crippen MR) is 72.4 cm³/mol.